The van der Waals surface area contributed by atoms with Crippen molar-refractivity contribution >= 4 is 34.9 Å². The predicted octanol–water partition coefficient (Wildman–Crippen LogP) is 0.127. The summed E-state index contributed by atoms with van der Waals surface area (Å²) in [4.78, 5) is 80.9. The van der Waals surface area contributed by atoms with Gasteiger partial charge in [0.15, 0.2) is 24.1 Å². The van der Waals surface area contributed by atoms with E-state index >= 15 is 0 Å². The van der Waals surface area contributed by atoms with Crippen LogP contribution >= 0.6 is 0 Å². The second-order valence-electron chi connectivity index (χ2n) is 9.66. The maximum Gasteiger partial charge on any atom is 0.471 e. The Hall–Kier alpha value is -4.84. The second-order valence-corrected chi connectivity index (χ2v) is 9.66. The van der Waals surface area contributed by atoms with Crippen molar-refractivity contribution < 1.29 is 42.2 Å². The fraction of sp³-hybridized carbons (Fsp3) is 0.400. The number of benzene rings is 1. The molecule has 0 radical (unpaired) electrons. The SMILES string of the molecule is CCCn1c(=O)c2c(nc(-c3ccc(OCC(=O)O)cc3)n2[N+]2(N)C(=O)C[C@H](NC(=O)C(F)(F)F)C2=O)n(CCC)c1=O. The van der Waals surface area contributed by atoms with Crippen LogP contribution in [0.2, 0.25) is 0 Å². The number of amides is 3. The summed E-state index contributed by atoms with van der Waals surface area (Å²) in [5.74, 6) is -0.0881. The maximum absolute atomic E-state index is 13.8. The van der Waals surface area contributed by atoms with Gasteiger partial charge in [-0.1, -0.05) is 13.8 Å². The van der Waals surface area contributed by atoms with Crippen LogP contribution in [0, 0.1) is 0 Å². The molecule has 15 nitrogen and oxygen atoms in total. The minimum atomic E-state index is -5.36. The fourth-order valence-electron chi connectivity index (χ4n) is 4.74. The van der Waals surface area contributed by atoms with Gasteiger partial charge in [0, 0.05) is 18.7 Å². The Morgan fingerprint density at radius 2 is 1.70 bits per heavy atom. The van der Waals surface area contributed by atoms with Gasteiger partial charge in [0.2, 0.25) is 5.52 Å². The van der Waals surface area contributed by atoms with Crippen LogP contribution in [0.5, 0.6) is 5.75 Å². The van der Waals surface area contributed by atoms with E-state index in [9.17, 15) is 41.9 Å². The zero-order valence-electron chi connectivity index (χ0n) is 22.9. The number of carbonyl (C=O) groups is 4. The number of aliphatic carboxylic acids is 1. The van der Waals surface area contributed by atoms with E-state index in [1.54, 1.807) is 13.8 Å². The number of carbonyl (C=O) groups excluding carboxylic acids is 3. The number of ether oxygens (including phenoxy) is 1. The second kappa shape index (κ2) is 11.4. The lowest BCUT2D eigenvalue weighted by Gasteiger charge is -2.25. The largest absolute Gasteiger partial charge is 0.482 e. The first-order chi connectivity index (χ1) is 20.2. The number of carboxylic acids is 1. The number of aryl methyl sites for hydroxylation is 1. The lowest BCUT2D eigenvalue weighted by Crippen LogP contribution is -2.70. The Labute approximate surface area is 239 Å². The average molecular weight is 611 g/mol. The topological polar surface area (TPSA) is 198 Å². The number of nitrogens with two attached hydrogens (primary N) is 1. The van der Waals surface area contributed by atoms with Gasteiger partial charge in [0.05, 0.1) is 0 Å². The number of halogens is 3. The van der Waals surface area contributed by atoms with Gasteiger partial charge >= 0.3 is 35.6 Å². The van der Waals surface area contributed by atoms with Gasteiger partial charge in [-0.05, 0) is 41.8 Å². The van der Waals surface area contributed by atoms with E-state index in [1.165, 1.54) is 29.6 Å². The fourth-order valence-corrected chi connectivity index (χ4v) is 4.74. The van der Waals surface area contributed by atoms with Crippen LogP contribution in [0.25, 0.3) is 22.6 Å². The monoisotopic (exact) mass is 610 g/mol. The average Bonchev–Trinajstić information content (AvgIpc) is 3.44. The summed E-state index contributed by atoms with van der Waals surface area (Å²) in [5, 5.41) is 10.3. The van der Waals surface area contributed by atoms with E-state index in [0.29, 0.717) is 12.8 Å². The zero-order chi connectivity index (χ0) is 31.9. The number of imide groups is 1. The molecule has 0 spiro atoms. The number of fused-ring (bicyclic) bond motifs is 1. The number of quaternary nitrogens is 1. The van der Waals surface area contributed by atoms with Crippen molar-refractivity contribution in [3.05, 3.63) is 45.1 Å². The molecular formula is C25H27F3N7O8+. The van der Waals surface area contributed by atoms with Crippen LogP contribution in [0.4, 0.5) is 13.2 Å². The molecule has 3 heterocycles. The van der Waals surface area contributed by atoms with Gasteiger partial charge < -0.3 is 15.2 Å². The molecule has 0 saturated carbocycles. The number of nitrogens with zero attached hydrogens (tertiary/aromatic N) is 5. The molecule has 1 aliphatic rings. The number of nitrogens with one attached hydrogen (secondary N) is 1. The Morgan fingerprint density at radius 3 is 2.26 bits per heavy atom. The van der Waals surface area contributed by atoms with Crippen molar-refractivity contribution in [2.45, 2.75) is 58.4 Å². The molecule has 3 amide bonds. The minimum Gasteiger partial charge on any atom is -0.482 e. The summed E-state index contributed by atoms with van der Waals surface area (Å²) in [6.07, 6.45) is -5.55. The number of aromatic nitrogens is 4. The number of carboxylic acid groups (broad SMARTS) is 1. The molecule has 4 N–H and O–H groups in total. The lowest BCUT2D eigenvalue weighted by atomic mass is 10.2. The first-order valence-corrected chi connectivity index (χ1v) is 13.0. The van der Waals surface area contributed by atoms with E-state index in [4.69, 9.17) is 15.7 Å². The highest BCUT2D eigenvalue weighted by atomic mass is 19.4. The van der Waals surface area contributed by atoms with E-state index in [2.05, 4.69) is 4.98 Å². The molecule has 1 aromatic carbocycles. The normalized spacial score (nSPS) is 18.8. The smallest absolute Gasteiger partial charge is 0.471 e. The predicted molar refractivity (Wildman–Crippen MR) is 142 cm³/mol. The first-order valence-electron chi connectivity index (χ1n) is 13.0. The van der Waals surface area contributed by atoms with E-state index in [1.807, 2.05) is 0 Å². The molecule has 2 aromatic heterocycles. The zero-order valence-corrected chi connectivity index (χ0v) is 22.9. The Kier molecular flexibility index (Phi) is 8.28. The summed E-state index contributed by atoms with van der Waals surface area (Å²) in [7, 11) is 0. The molecule has 43 heavy (non-hydrogen) atoms. The van der Waals surface area contributed by atoms with E-state index in [-0.39, 0.29) is 35.9 Å². The van der Waals surface area contributed by atoms with Crippen LogP contribution in [-0.2, 0) is 32.3 Å². The summed E-state index contributed by atoms with van der Waals surface area (Å²) in [5.41, 5.74) is -2.25. The maximum atomic E-state index is 13.8. The third kappa shape index (κ3) is 5.41. The van der Waals surface area contributed by atoms with E-state index in [0.717, 1.165) is 13.8 Å². The van der Waals surface area contributed by atoms with Crippen molar-refractivity contribution in [2.75, 3.05) is 6.61 Å². The molecular weight excluding hydrogens is 583 g/mol. The van der Waals surface area contributed by atoms with Crippen molar-refractivity contribution in [3.63, 3.8) is 0 Å². The number of hydrogen-bond donors (Lipinski definition) is 3. The third-order valence-corrected chi connectivity index (χ3v) is 6.64. The van der Waals surface area contributed by atoms with Gasteiger partial charge in [-0.3, -0.25) is 18.7 Å². The standard InChI is InChI=1S/C25H26F3N7O8/c1-3-9-32-20-18(21(39)33(10-4-2)24(32)42)34(19(31-20)13-5-7-14(8-6-13)43-12-17(37)38)35(29)16(36)11-15(22(35)40)30-23(41)25(26,27)28/h5-8,15H,3-4,9-12,29H2,1-2H3,(H-,30,37,38,41)/p+1/t15-,35?/m0/s1. The summed E-state index contributed by atoms with van der Waals surface area (Å²) in [6.45, 7) is 2.81. The van der Waals surface area contributed by atoms with Gasteiger partial charge in [-0.15, -0.1) is 10.5 Å². The highest BCUT2D eigenvalue weighted by Crippen LogP contribution is 2.30. The molecule has 1 aliphatic heterocycles. The first kappa shape index (κ1) is 31.1. The van der Waals surface area contributed by atoms with Gasteiger partial charge in [-0.25, -0.2) is 24.2 Å². The van der Waals surface area contributed by atoms with Crippen molar-refractivity contribution in [3.8, 4) is 17.1 Å². The molecule has 1 unspecified atom stereocenters. The molecule has 2 atom stereocenters. The number of rotatable bonds is 10. The van der Waals surface area contributed by atoms with Gasteiger partial charge in [0.1, 0.15) is 12.2 Å². The van der Waals surface area contributed by atoms with Crippen LogP contribution in [-0.4, -0.2) is 66.4 Å². The van der Waals surface area contributed by atoms with Crippen LogP contribution in [0.15, 0.2) is 33.9 Å². The summed E-state index contributed by atoms with van der Waals surface area (Å²) < 4.78 is 44.9. The van der Waals surface area contributed by atoms with Crippen LogP contribution in [0.3, 0.4) is 0 Å². The summed E-state index contributed by atoms with van der Waals surface area (Å²) in [6, 6.07) is 3.36. The molecule has 0 aliphatic carbocycles. The Bertz CT molecular complexity index is 1740. The van der Waals surface area contributed by atoms with Crippen molar-refractivity contribution in [2.24, 2.45) is 5.84 Å². The van der Waals surface area contributed by atoms with Gasteiger partial charge in [-0.2, -0.15) is 13.2 Å². The molecule has 3 aromatic rings. The third-order valence-electron chi connectivity index (χ3n) is 6.64. The number of imidazole rings is 1. The highest BCUT2D eigenvalue weighted by Gasteiger charge is 2.60. The van der Waals surface area contributed by atoms with Gasteiger partial charge in [0.25, 0.3) is 5.56 Å². The van der Waals surface area contributed by atoms with Crippen molar-refractivity contribution in [1.82, 2.24) is 28.8 Å². The summed E-state index contributed by atoms with van der Waals surface area (Å²) >= 11 is 0. The minimum absolute atomic E-state index is 0.0514. The Morgan fingerprint density at radius 1 is 1.09 bits per heavy atom. The molecule has 1 saturated heterocycles. The molecule has 1 fully saturated rings. The molecule has 0 bridgehead atoms. The molecule has 230 valence electrons. The molecule has 18 heteroatoms. The van der Waals surface area contributed by atoms with E-state index < -0.39 is 70.4 Å². The highest BCUT2D eigenvalue weighted by molar-refractivity contribution is 6.13. The van der Waals surface area contributed by atoms with Crippen LogP contribution < -0.4 is 31.8 Å². The number of hydrogen-bond acceptors (Lipinski definition) is 9. The lowest BCUT2D eigenvalue weighted by molar-refractivity contribution is -0.174. The molecule has 4 rings (SSSR count). The van der Waals surface area contributed by atoms with Crippen LogP contribution in [0.1, 0.15) is 33.1 Å². The quantitative estimate of drug-likeness (QED) is 0.123. The Balaban J connectivity index is 2.02. The number of alkyl halides is 3. The van der Waals surface area contributed by atoms with Crippen molar-refractivity contribution in [1.29, 1.82) is 0 Å².